The topological polar surface area (TPSA) is 48.1 Å². The minimum Gasteiger partial charge on any atom is -0.496 e. The summed E-state index contributed by atoms with van der Waals surface area (Å²) in [5, 5.41) is 3.03. The number of hydrogen-bond acceptors (Lipinski definition) is 4. The Morgan fingerprint density at radius 3 is 2.55 bits per heavy atom. The highest BCUT2D eigenvalue weighted by atomic mass is 79.9. The number of halogens is 1. The fourth-order valence-corrected chi connectivity index (χ4v) is 3.42. The van der Waals surface area contributed by atoms with Crippen LogP contribution in [0.4, 0.5) is 0 Å². The van der Waals surface area contributed by atoms with E-state index in [1.54, 1.807) is 18.4 Å². The molecule has 20 heavy (non-hydrogen) atoms. The molecule has 0 saturated carbocycles. The first-order valence-electron chi connectivity index (χ1n) is 6.38. The van der Waals surface area contributed by atoms with Crippen molar-refractivity contribution >= 4 is 27.3 Å². The average Bonchev–Trinajstić information content (AvgIpc) is 2.87. The Morgan fingerprint density at radius 1 is 1.35 bits per heavy atom. The molecule has 1 heterocycles. The van der Waals surface area contributed by atoms with Gasteiger partial charge in [-0.05, 0) is 33.6 Å². The van der Waals surface area contributed by atoms with Crippen LogP contribution in [0.25, 0.3) is 0 Å². The summed E-state index contributed by atoms with van der Waals surface area (Å²) in [6.07, 6.45) is 0. The Bertz CT molecular complexity index is 604. The summed E-state index contributed by atoms with van der Waals surface area (Å²) in [4.78, 5) is 4.68. The van der Waals surface area contributed by atoms with Crippen molar-refractivity contribution in [3.63, 3.8) is 0 Å². The molecule has 0 aliphatic heterocycles. The van der Waals surface area contributed by atoms with E-state index in [-0.39, 0.29) is 11.5 Å². The Labute approximate surface area is 132 Å². The van der Waals surface area contributed by atoms with Gasteiger partial charge in [0, 0.05) is 10.8 Å². The number of aromatic nitrogens is 1. The van der Waals surface area contributed by atoms with Crippen molar-refractivity contribution in [2.24, 2.45) is 5.73 Å². The predicted octanol–water partition coefficient (Wildman–Crippen LogP) is 4.26. The Hall–Kier alpha value is -0.910. The van der Waals surface area contributed by atoms with Crippen molar-refractivity contribution in [2.45, 2.75) is 32.2 Å². The Balaban J connectivity index is 2.29. The zero-order valence-corrected chi connectivity index (χ0v) is 14.5. The molecule has 2 aromatic rings. The Morgan fingerprint density at radius 2 is 2.05 bits per heavy atom. The third-order valence-electron chi connectivity index (χ3n) is 3.09. The van der Waals surface area contributed by atoms with Gasteiger partial charge in [0.2, 0.25) is 0 Å². The first kappa shape index (κ1) is 15.5. The van der Waals surface area contributed by atoms with Crippen LogP contribution in [0, 0.1) is 0 Å². The third kappa shape index (κ3) is 3.22. The molecule has 0 aliphatic rings. The Kier molecular flexibility index (Phi) is 4.52. The molecule has 0 aliphatic carbocycles. The number of rotatable bonds is 3. The van der Waals surface area contributed by atoms with Crippen LogP contribution in [-0.4, -0.2) is 12.1 Å². The maximum absolute atomic E-state index is 6.32. The lowest BCUT2D eigenvalue weighted by Gasteiger charge is -2.15. The zero-order chi connectivity index (χ0) is 14.9. The number of methoxy groups -OCH3 is 1. The van der Waals surface area contributed by atoms with Crippen LogP contribution in [-0.2, 0) is 5.41 Å². The highest BCUT2D eigenvalue weighted by molar-refractivity contribution is 9.10. The van der Waals surface area contributed by atoms with Gasteiger partial charge in [-0.1, -0.05) is 26.8 Å². The largest absolute Gasteiger partial charge is 0.496 e. The lowest BCUT2D eigenvalue weighted by molar-refractivity contribution is 0.412. The van der Waals surface area contributed by atoms with Gasteiger partial charge < -0.3 is 10.5 Å². The molecular weight excluding hydrogens is 336 g/mol. The molecule has 1 aromatic heterocycles. The highest BCUT2D eigenvalue weighted by Gasteiger charge is 2.20. The molecule has 108 valence electrons. The molecule has 0 spiro atoms. The van der Waals surface area contributed by atoms with Crippen molar-refractivity contribution in [2.75, 3.05) is 7.11 Å². The summed E-state index contributed by atoms with van der Waals surface area (Å²) < 4.78 is 6.14. The van der Waals surface area contributed by atoms with Crippen LogP contribution in [0.1, 0.15) is 43.1 Å². The maximum atomic E-state index is 6.32. The van der Waals surface area contributed by atoms with Crippen molar-refractivity contribution in [3.05, 3.63) is 44.3 Å². The molecule has 0 bridgehead atoms. The van der Waals surface area contributed by atoms with E-state index in [1.165, 1.54) is 0 Å². The molecule has 2 N–H and O–H groups in total. The molecule has 0 saturated heterocycles. The van der Waals surface area contributed by atoms with Gasteiger partial charge in [-0.3, -0.25) is 0 Å². The summed E-state index contributed by atoms with van der Waals surface area (Å²) in [6.45, 7) is 6.46. The molecule has 3 nitrogen and oxygen atoms in total. The van der Waals surface area contributed by atoms with Gasteiger partial charge >= 0.3 is 0 Å². The van der Waals surface area contributed by atoms with Crippen LogP contribution in [0.5, 0.6) is 5.75 Å². The van der Waals surface area contributed by atoms with Crippen molar-refractivity contribution in [3.8, 4) is 5.75 Å². The molecular formula is C15H19BrN2OS. The first-order chi connectivity index (χ1) is 9.32. The number of thiazole rings is 1. The lowest BCUT2D eigenvalue weighted by atomic mass is 9.93. The fraction of sp³-hybridized carbons (Fsp3) is 0.400. The van der Waals surface area contributed by atoms with Gasteiger partial charge in [0.15, 0.2) is 0 Å². The summed E-state index contributed by atoms with van der Waals surface area (Å²) in [5.74, 6) is 0.801. The van der Waals surface area contributed by atoms with E-state index >= 15 is 0 Å². The van der Waals surface area contributed by atoms with Gasteiger partial charge in [-0.25, -0.2) is 4.98 Å². The quantitative estimate of drug-likeness (QED) is 0.895. The third-order valence-corrected chi connectivity index (χ3v) is 4.64. The van der Waals surface area contributed by atoms with Crippen LogP contribution in [0.15, 0.2) is 28.1 Å². The monoisotopic (exact) mass is 354 g/mol. The second-order valence-electron chi connectivity index (χ2n) is 5.69. The summed E-state index contributed by atoms with van der Waals surface area (Å²) in [6, 6.07) is 5.67. The van der Waals surface area contributed by atoms with E-state index in [1.807, 2.05) is 18.2 Å². The molecule has 1 atom stereocenters. The van der Waals surface area contributed by atoms with Crippen LogP contribution in [0.3, 0.4) is 0 Å². The fourth-order valence-electron chi connectivity index (χ4n) is 1.79. The second-order valence-corrected chi connectivity index (χ2v) is 7.44. The first-order valence-corrected chi connectivity index (χ1v) is 8.05. The standard InChI is InChI=1S/C15H19BrN2OS/c1-15(2,3)12-8-20-14(18-12)13(17)9-5-6-11(19-4)10(16)7-9/h5-8,13H,17H2,1-4H3. The average molecular weight is 355 g/mol. The van der Waals surface area contributed by atoms with Crippen LogP contribution >= 0.6 is 27.3 Å². The van der Waals surface area contributed by atoms with Gasteiger partial charge in [0.25, 0.3) is 0 Å². The van der Waals surface area contributed by atoms with E-state index in [2.05, 4.69) is 47.1 Å². The van der Waals surface area contributed by atoms with Gasteiger partial charge in [0.1, 0.15) is 10.8 Å². The number of hydrogen-bond donors (Lipinski definition) is 1. The van der Waals surface area contributed by atoms with E-state index in [0.29, 0.717) is 0 Å². The second kappa shape index (κ2) is 5.84. The maximum Gasteiger partial charge on any atom is 0.133 e. The van der Waals surface area contributed by atoms with Gasteiger partial charge in [-0.15, -0.1) is 11.3 Å². The van der Waals surface area contributed by atoms with Gasteiger partial charge in [0.05, 0.1) is 23.3 Å². The molecule has 1 aromatic carbocycles. The molecule has 5 heteroatoms. The van der Waals surface area contributed by atoms with Crippen LogP contribution in [0.2, 0.25) is 0 Å². The van der Waals surface area contributed by atoms with Crippen molar-refractivity contribution < 1.29 is 4.74 Å². The summed E-state index contributed by atoms with van der Waals surface area (Å²) in [7, 11) is 1.65. The number of benzene rings is 1. The molecule has 0 fully saturated rings. The van der Waals surface area contributed by atoms with E-state index < -0.39 is 0 Å². The van der Waals surface area contributed by atoms with E-state index in [9.17, 15) is 0 Å². The summed E-state index contributed by atoms with van der Waals surface area (Å²) in [5.41, 5.74) is 8.47. The molecule has 0 radical (unpaired) electrons. The molecule has 0 amide bonds. The van der Waals surface area contributed by atoms with E-state index in [0.717, 1.165) is 26.5 Å². The van der Waals surface area contributed by atoms with Crippen molar-refractivity contribution in [1.29, 1.82) is 0 Å². The van der Waals surface area contributed by atoms with Crippen molar-refractivity contribution in [1.82, 2.24) is 4.98 Å². The molecule has 2 rings (SSSR count). The minimum atomic E-state index is -0.210. The lowest BCUT2D eigenvalue weighted by Crippen LogP contribution is -2.15. The molecule has 1 unspecified atom stereocenters. The number of nitrogens with two attached hydrogens (primary N) is 1. The van der Waals surface area contributed by atoms with E-state index in [4.69, 9.17) is 10.5 Å². The zero-order valence-electron chi connectivity index (χ0n) is 12.1. The number of ether oxygens (including phenoxy) is 1. The van der Waals surface area contributed by atoms with Crippen LogP contribution < -0.4 is 10.5 Å². The summed E-state index contributed by atoms with van der Waals surface area (Å²) >= 11 is 5.10. The smallest absolute Gasteiger partial charge is 0.133 e. The number of nitrogens with zero attached hydrogens (tertiary/aromatic N) is 1. The van der Waals surface area contributed by atoms with Gasteiger partial charge in [-0.2, -0.15) is 0 Å². The predicted molar refractivity (Wildman–Crippen MR) is 87.5 cm³/mol. The minimum absolute atomic E-state index is 0.0506. The highest BCUT2D eigenvalue weighted by Crippen LogP contribution is 2.32. The normalized spacial score (nSPS) is 13.3. The SMILES string of the molecule is COc1ccc(C(N)c2nc(C(C)(C)C)cs2)cc1Br.